The number of hydrogen-bond donors (Lipinski definition) is 1. The summed E-state index contributed by atoms with van der Waals surface area (Å²) >= 11 is 0. The minimum Gasteiger partial charge on any atom is -0.330 e. The third-order valence-electron chi connectivity index (χ3n) is 2.97. The van der Waals surface area contributed by atoms with E-state index in [-0.39, 0.29) is 11.2 Å². The highest BCUT2D eigenvalue weighted by Crippen LogP contribution is 2.41. The first-order valence-electron chi connectivity index (χ1n) is 4.59. The van der Waals surface area contributed by atoms with Gasteiger partial charge in [-0.25, -0.2) is 4.39 Å². The van der Waals surface area contributed by atoms with E-state index in [0.29, 0.717) is 6.54 Å². The fraction of sp³-hybridized carbons (Fsp3) is 0.500. The lowest BCUT2D eigenvalue weighted by Gasteiger charge is -2.40. The van der Waals surface area contributed by atoms with Crippen molar-refractivity contribution in [2.45, 2.75) is 24.7 Å². The molecule has 1 fully saturated rings. The molecule has 0 bridgehead atoms. The fourth-order valence-electron chi connectivity index (χ4n) is 1.86. The molecule has 0 aromatic carbocycles. The highest BCUT2D eigenvalue weighted by molar-refractivity contribution is 5.21. The first-order valence-corrected chi connectivity index (χ1v) is 4.59. The monoisotopic (exact) mass is 180 g/mol. The van der Waals surface area contributed by atoms with Gasteiger partial charge in [0.2, 0.25) is 0 Å². The van der Waals surface area contributed by atoms with Crippen LogP contribution < -0.4 is 5.73 Å². The predicted molar refractivity (Wildman–Crippen MR) is 48.8 cm³/mol. The average Bonchev–Trinajstić information content (AvgIpc) is 2.07. The fourth-order valence-corrected chi connectivity index (χ4v) is 1.86. The van der Waals surface area contributed by atoms with Crippen molar-refractivity contribution in [2.75, 3.05) is 6.54 Å². The number of aromatic nitrogens is 1. The number of pyridine rings is 1. The topological polar surface area (TPSA) is 38.9 Å². The summed E-state index contributed by atoms with van der Waals surface area (Å²) in [6.07, 6.45) is 4.64. The van der Waals surface area contributed by atoms with Gasteiger partial charge in [-0.15, -0.1) is 0 Å². The van der Waals surface area contributed by atoms with E-state index in [1.807, 2.05) is 0 Å². The van der Waals surface area contributed by atoms with E-state index < -0.39 is 0 Å². The van der Waals surface area contributed by atoms with Crippen LogP contribution in [0.5, 0.6) is 0 Å². The maximum Gasteiger partial charge on any atom is 0.141 e. The quantitative estimate of drug-likeness (QED) is 0.750. The molecule has 70 valence electrons. The van der Waals surface area contributed by atoms with E-state index in [1.165, 1.54) is 18.7 Å². The van der Waals surface area contributed by atoms with Gasteiger partial charge in [-0.3, -0.25) is 4.98 Å². The van der Waals surface area contributed by atoms with Crippen molar-refractivity contribution in [1.29, 1.82) is 0 Å². The molecular formula is C10H13FN2. The first kappa shape index (κ1) is 8.63. The molecule has 0 unspecified atom stereocenters. The normalized spacial score (nSPS) is 19.5. The van der Waals surface area contributed by atoms with Crippen molar-refractivity contribution in [3.05, 3.63) is 29.8 Å². The van der Waals surface area contributed by atoms with Crippen molar-refractivity contribution in [3.63, 3.8) is 0 Å². The third kappa shape index (κ3) is 1.33. The first-order chi connectivity index (χ1) is 6.27. The summed E-state index contributed by atoms with van der Waals surface area (Å²) in [5.41, 5.74) is 6.70. The summed E-state index contributed by atoms with van der Waals surface area (Å²) in [5, 5.41) is 0. The van der Waals surface area contributed by atoms with Crippen molar-refractivity contribution in [3.8, 4) is 0 Å². The van der Waals surface area contributed by atoms with Crippen molar-refractivity contribution in [1.82, 2.24) is 4.98 Å². The van der Waals surface area contributed by atoms with Crippen molar-refractivity contribution in [2.24, 2.45) is 5.73 Å². The zero-order valence-corrected chi connectivity index (χ0v) is 7.46. The predicted octanol–water partition coefficient (Wildman–Crippen LogP) is 1.60. The van der Waals surface area contributed by atoms with Gasteiger partial charge < -0.3 is 5.73 Å². The lowest BCUT2D eigenvalue weighted by Crippen LogP contribution is -2.42. The Labute approximate surface area is 77.0 Å². The molecule has 0 saturated heterocycles. The minimum absolute atomic E-state index is 0.0493. The van der Waals surface area contributed by atoms with Gasteiger partial charge in [-0.1, -0.05) is 6.42 Å². The summed E-state index contributed by atoms with van der Waals surface area (Å²) in [5.74, 6) is -0.282. The molecule has 0 aliphatic heterocycles. The second-order valence-corrected chi connectivity index (χ2v) is 3.70. The van der Waals surface area contributed by atoms with Crippen LogP contribution in [-0.4, -0.2) is 11.5 Å². The molecule has 0 spiro atoms. The Morgan fingerprint density at radius 2 is 2.23 bits per heavy atom. The third-order valence-corrected chi connectivity index (χ3v) is 2.97. The van der Waals surface area contributed by atoms with Crippen molar-refractivity contribution < 1.29 is 4.39 Å². The Morgan fingerprint density at radius 1 is 1.46 bits per heavy atom. The van der Waals surface area contributed by atoms with Crippen LogP contribution in [0.2, 0.25) is 0 Å². The molecule has 1 aromatic rings. The van der Waals surface area contributed by atoms with Crippen LogP contribution in [-0.2, 0) is 5.41 Å². The molecule has 1 aliphatic carbocycles. The number of nitrogens with two attached hydrogens (primary N) is 1. The van der Waals surface area contributed by atoms with Gasteiger partial charge in [0.15, 0.2) is 0 Å². The van der Waals surface area contributed by atoms with Crippen LogP contribution in [0.4, 0.5) is 4.39 Å². The van der Waals surface area contributed by atoms with Crippen LogP contribution in [0.15, 0.2) is 18.3 Å². The molecule has 0 amide bonds. The molecular weight excluding hydrogens is 167 g/mol. The molecule has 1 heterocycles. The SMILES string of the molecule is NCC1(c2ccc(F)cn2)CCC1. The Hall–Kier alpha value is -0.960. The van der Waals surface area contributed by atoms with Gasteiger partial charge in [0.25, 0.3) is 0 Å². The molecule has 1 aliphatic rings. The zero-order chi connectivity index (χ0) is 9.31. The largest absolute Gasteiger partial charge is 0.330 e. The lowest BCUT2D eigenvalue weighted by atomic mass is 9.66. The van der Waals surface area contributed by atoms with Crippen LogP contribution in [0.1, 0.15) is 25.0 Å². The van der Waals surface area contributed by atoms with E-state index in [0.717, 1.165) is 18.5 Å². The zero-order valence-electron chi connectivity index (χ0n) is 7.46. The molecule has 2 nitrogen and oxygen atoms in total. The smallest absolute Gasteiger partial charge is 0.141 e. The molecule has 1 saturated carbocycles. The molecule has 13 heavy (non-hydrogen) atoms. The van der Waals surface area contributed by atoms with Crippen LogP contribution in [0.3, 0.4) is 0 Å². The summed E-state index contributed by atoms with van der Waals surface area (Å²) < 4.78 is 12.6. The number of halogens is 1. The minimum atomic E-state index is -0.282. The standard InChI is InChI=1S/C10H13FN2/c11-8-2-3-9(13-6-8)10(7-12)4-1-5-10/h2-3,6H,1,4-5,7,12H2. The number of rotatable bonds is 2. The summed E-state index contributed by atoms with van der Waals surface area (Å²) in [6, 6.07) is 3.21. The maximum atomic E-state index is 12.6. The Balaban J connectivity index is 2.28. The average molecular weight is 180 g/mol. The van der Waals surface area contributed by atoms with E-state index in [4.69, 9.17) is 5.73 Å². The van der Waals surface area contributed by atoms with Gasteiger partial charge in [0.05, 0.1) is 6.20 Å². The number of nitrogens with zero attached hydrogens (tertiary/aromatic N) is 1. The molecule has 0 radical (unpaired) electrons. The Bertz CT molecular complexity index is 285. The maximum absolute atomic E-state index is 12.6. The van der Waals surface area contributed by atoms with Gasteiger partial charge >= 0.3 is 0 Å². The summed E-state index contributed by atoms with van der Waals surface area (Å²) in [7, 11) is 0. The second kappa shape index (κ2) is 3.07. The Morgan fingerprint density at radius 3 is 2.62 bits per heavy atom. The van der Waals surface area contributed by atoms with Gasteiger partial charge in [0.1, 0.15) is 5.82 Å². The molecule has 2 N–H and O–H groups in total. The van der Waals surface area contributed by atoms with Gasteiger partial charge in [-0.05, 0) is 25.0 Å². The van der Waals surface area contributed by atoms with Gasteiger partial charge in [0, 0.05) is 17.7 Å². The van der Waals surface area contributed by atoms with E-state index in [9.17, 15) is 4.39 Å². The highest BCUT2D eigenvalue weighted by Gasteiger charge is 2.38. The van der Waals surface area contributed by atoms with E-state index in [1.54, 1.807) is 6.07 Å². The van der Waals surface area contributed by atoms with E-state index in [2.05, 4.69) is 4.98 Å². The summed E-state index contributed by atoms with van der Waals surface area (Å²) in [6.45, 7) is 0.617. The molecule has 1 aromatic heterocycles. The highest BCUT2D eigenvalue weighted by atomic mass is 19.1. The summed E-state index contributed by atoms with van der Waals surface area (Å²) in [4.78, 5) is 4.09. The number of hydrogen-bond acceptors (Lipinski definition) is 2. The molecule has 0 atom stereocenters. The lowest BCUT2D eigenvalue weighted by molar-refractivity contribution is 0.245. The molecule has 3 heteroatoms. The van der Waals surface area contributed by atoms with Crippen LogP contribution in [0.25, 0.3) is 0 Å². The van der Waals surface area contributed by atoms with Gasteiger partial charge in [-0.2, -0.15) is 0 Å². The van der Waals surface area contributed by atoms with Crippen molar-refractivity contribution >= 4 is 0 Å². The van der Waals surface area contributed by atoms with E-state index >= 15 is 0 Å². The Kier molecular flexibility index (Phi) is 2.04. The van der Waals surface area contributed by atoms with Crippen LogP contribution in [0, 0.1) is 5.82 Å². The van der Waals surface area contributed by atoms with Crippen LogP contribution >= 0.6 is 0 Å². The second-order valence-electron chi connectivity index (χ2n) is 3.70. The molecule has 2 rings (SSSR count).